The van der Waals surface area contributed by atoms with Crippen molar-refractivity contribution in [2.75, 3.05) is 18.4 Å². The highest BCUT2D eigenvalue weighted by atomic mass is 32.2. The summed E-state index contributed by atoms with van der Waals surface area (Å²) < 4.78 is 33.1. The number of carbonyl (C=O) groups excluding carboxylic acids is 2. The number of hydrogen-bond donors (Lipinski definition) is 2. The van der Waals surface area contributed by atoms with Gasteiger partial charge in [-0.05, 0) is 61.6 Å². The van der Waals surface area contributed by atoms with Gasteiger partial charge in [0, 0.05) is 25.2 Å². The lowest BCUT2D eigenvalue weighted by atomic mass is 9.99. The van der Waals surface area contributed by atoms with Crippen LogP contribution < -0.4 is 10.6 Å². The SMILES string of the molecule is O=C1CCCc2cc(S(=O)(=O)N3CCC[C@@H](C(=O)NCc4ccco4)C3)ccc2N1. The van der Waals surface area contributed by atoms with Crippen molar-refractivity contribution in [2.24, 2.45) is 5.92 Å². The molecule has 160 valence electrons. The summed E-state index contributed by atoms with van der Waals surface area (Å²) in [6.07, 6.45) is 4.57. The molecule has 3 heterocycles. The van der Waals surface area contributed by atoms with E-state index >= 15 is 0 Å². The fourth-order valence-electron chi connectivity index (χ4n) is 3.97. The number of fused-ring (bicyclic) bond motifs is 1. The summed E-state index contributed by atoms with van der Waals surface area (Å²) in [5, 5.41) is 5.64. The maximum Gasteiger partial charge on any atom is 0.243 e. The van der Waals surface area contributed by atoms with Gasteiger partial charge in [-0.3, -0.25) is 9.59 Å². The molecular weight excluding hydrogens is 406 g/mol. The largest absolute Gasteiger partial charge is 0.467 e. The molecular formula is C21H25N3O5S. The molecule has 1 aromatic carbocycles. The van der Waals surface area contributed by atoms with Crippen molar-refractivity contribution < 1.29 is 22.4 Å². The lowest BCUT2D eigenvalue weighted by Gasteiger charge is -2.31. The summed E-state index contributed by atoms with van der Waals surface area (Å²) in [6, 6.07) is 8.36. The third-order valence-electron chi connectivity index (χ3n) is 5.61. The van der Waals surface area contributed by atoms with Crippen molar-refractivity contribution in [1.29, 1.82) is 0 Å². The number of nitrogens with zero attached hydrogens (tertiary/aromatic N) is 1. The Morgan fingerprint density at radius 1 is 1.23 bits per heavy atom. The van der Waals surface area contributed by atoms with E-state index in [0.717, 1.165) is 5.56 Å². The highest BCUT2D eigenvalue weighted by Gasteiger charge is 2.33. The number of furan rings is 1. The van der Waals surface area contributed by atoms with Gasteiger partial charge in [-0.15, -0.1) is 0 Å². The third kappa shape index (κ3) is 4.41. The Balaban J connectivity index is 1.46. The number of benzene rings is 1. The molecule has 2 N–H and O–H groups in total. The number of amides is 2. The topological polar surface area (TPSA) is 109 Å². The highest BCUT2D eigenvalue weighted by Crippen LogP contribution is 2.29. The predicted octanol–water partition coefficient (Wildman–Crippen LogP) is 2.27. The van der Waals surface area contributed by atoms with E-state index in [4.69, 9.17) is 4.42 Å². The number of nitrogens with one attached hydrogen (secondary N) is 2. The van der Waals surface area contributed by atoms with Crippen molar-refractivity contribution in [2.45, 2.75) is 43.5 Å². The van der Waals surface area contributed by atoms with E-state index in [9.17, 15) is 18.0 Å². The van der Waals surface area contributed by atoms with E-state index in [-0.39, 0.29) is 29.8 Å². The number of aryl methyl sites for hydroxylation is 1. The molecule has 0 aliphatic carbocycles. The van der Waals surface area contributed by atoms with Crippen LogP contribution in [0.2, 0.25) is 0 Å². The molecule has 0 unspecified atom stereocenters. The van der Waals surface area contributed by atoms with Crippen molar-refractivity contribution in [3.8, 4) is 0 Å². The summed E-state index contributed by atoms with van der Waals surface area (Å²) in [6.45, 7) is 0.823. The van der Waals surface area contributed by atoms with Crippen LogP contribution in [0.5, 0.6) is 0 Å². The predicted molar refractivity (Wildman–Crippen MR) is 110 cm³/mol. The van der Waals surface area contributed by atoms with Crippen molar-refractivity contribution in [3.63, 3.8) is 0 Å². The van der Waals surface area contributed by atoms with Crippen molar-refractivity contribution in [1.82, 2.24) is 9.62 Å². The molecule has 0 spiro atoms. The minimum atomic E-state index is -3.72. The number of piperidine rings is 1. The van der Waals surface area contributed by atoms with E-state index in [1.807, 2.05) is 0 Å². The van der Waals surface area contributed by atoms with Gasteiger partial charge in [-0.25, -0.2) is 8.42 Å². The van der Waals surface area contributed by atoms with Crippen LogP contribution in [0.1, 0.15) is 37.0 Å². The number of rotatable bonds is 5. The smallest absolute Gasteiger partial charge is 0.243 e. The average Bonchev–Trinajstić information content (AvgIpc) is 3.19. The molecule has 2 aromatic rings. The fourth-order valence-corrected chi connectivity index (χ4v) is 5.54. The van der Waals surface area contributed by atoms with Crippen LogP contribution in [-0.2, 0) is 32.6 Å². The van der Waals surface area contributed by atoms with Gasteiger partial charge < -0.3 is 15.1 Å². The molecule has 9 heteroatoms. The second kappa shape index (κ2) is 8.61. The van der Waals surface area contributed by atoms with Crippen LogP contribution >= 0.6 is 0 Å². The molecule has 1 atom stereocenters. The second-order valence-electron chi connectivity index (χ2n) is 7.72. The molecule has 0 bridgehead atoms. The first-order valence-electron chi connectivity index (χ1n) is 10.2. The molecule has 1 aromatic heterocycles. The monoisotopic (exact) mass is 431 g/mol. The number of anilines is 1. The summed E-state index contributed by atoms with van der Waals surface area (Å²) in [4.78, 5) is 24.5. The lowest BCUT2D eigenvalue weighted by Crippen LogP contribution is -2.45. The molecule has 2 amide bonds. The van der Waals surface area contributed by atoms with Gasteiger partial charge in [0.15, 0.2) is 0 Å². The van der Waals surface area contributed by atoms with Gasteiger partial charge in [0.1, 0.15) is 5.76 Å². The maximum atomic E-state index is 13.2. The summed E-state index contributed by atoms with van der Waals surface area (Å²) >= 11 is 0. The normalized spacial score (nSPS) is 20.1. The van der Waals surface area contributed by atoms with Crippen LogP contribution in [-0.4, -0.2) is 37.6 Å². The maximum absolute atomic E-state index is 13.2. The van der Waals surface area contributed by atoms with Crippen LogP contribution in [0, 0.1) is 5.92 Å². The molecule has 2 aliphatic heterocycles. The standard InChI is InChI=1S/C21H25N3O5S/c25-20-7-1-4-15-12-18(8-9-19(15)23-20)30(27,28)24-10-2-5-16(14-24)21(26)22-13-17-6-3-11-29-17/h3,6,8-9,11-12,16H,1-2,4-5,7,10,13-14H2,(H,22,26)(H,23,25)/t16-/m1/s1. The van der Waals surface area contributed by atoms with Gasteiger partial charge in [-0.2, -0.15) is 4.31 Å². The Kier molecular flexibility index (Phi) is 5.92. The molecule has 8 nitrogen and oxygen atoms in total. The average molecular weight is 432 g/mol. The van der Waals surface area contributed by atoms with Crippen LogP contribution in [0.3, 0.4) is 0 Å². The zero-order chi connectivity index (χ0) is 21.1. The molecule has 1 fully saturated rings. The van der Waals surface area contributed by atoms with E-state index in [1.165, 1.54) is 10.4 Å². The van der Waals surface area contributed by atoms with Crippen LogP contribution in [0.25, 0.3) is 0 Å². The minimum absolute atomic E-state index is 0.0520. The number of carbonyl (C=O) groups is 2. The lowest BCUT2D eigenvalue weighted by molar-refractivity contribution is -0.126. The van der Waals surface area contributed by atoms with Crippen molar-refractivity contribution in [3.05, 3.63) is 47.9 Å². The van der Waals surface area contributed by atoms with E-state index < -0.39 is 15.9 Å². The number of hydrogen-bond acceptors (Lipinski definition) is 5. The van der Waals surface area contributed by atoms with Crippen molar-refractivity contribution >= 4 is 27.5 Å². The van der Waals surface area contributed by atoms with E-state index in [2.05, 4.69) is 10.6 Å². The molecule has 30 heavy (non-hydrogen) atoms. The van der Waals surface area contributed by atoms with Gasteiger partial charge in [0.25, 0.3) is 0 Å². The molecule has 1 saturated heterocycles. The Labute approximate surface area is 175 Å². The molecule has 2 aliphatic rings. The van der Waals surface area contributed by atoms with Crippen LogP contribution in [0.4, 0.5) is 5.69 Å². The first-order chi connectivity index (χ1) is 14.4. The molecule has 4 rings (SSSR count). The Morgan fingerprint density at radius 2 is 2.10 bits per heavy atom. The molecule has 0 saturated carbocycles. The highest BCUT2D eigenvalue weighted by molar-refractivity contribution is 7.89. The number of sulfonamides is 1. The first-order valence-corrected chi connectivity index (χ1v) is 11.6. The zero-order valence-corrected chi connectivity index (χ0v) is 17.4. The quantitative estimate of drug-likeness (QED) is 0.755. The van der Waals surface area contributed by atoms with E-state index in [1.54, 1.807) is 30.5 Å². The zero-order valence-electron chi connectivity index (χ0n) is 16.6. The fraction of sp³-hybridized carbons (Fsp3) is 0.429. The van der Waals surface area contributed by atoms with E-state index in [0.29, 0.717) is 50.1 Å². The van der Waals surface area contributed by atoms with Gasteiger partial charge >= 0.3 is 0 Å². The van der Waals surface area contributed by atoms with Gasteiger partial charge in [-0.1, -0.05) is 0 Å². The Morgan fingerprint density at radius 3 is 2.90 bits per heavy atom. The van der Waals surface area contributed by atoms with Gasteiger partial charge in [0.05, 0.1) is 23.6 Å². The molecule has 0 radical (unpaired) electrons. The minimum Gasteiger partial charge on any atom is -0.467 e. The summed E-state index contributed by atoms with van der Waals surface area (Å²) in [5.74, 6) is 0.0315. The van der Waals surface area contributed by atoms with Gasteiger partial charge in [0.2, 0.25) is 21.8 Å². The first kappa shape index (κ1) is 20.6. The Bertz CT molecular complexity index is 1030. The third-order valence-corrected chi connectivity index (χ3v) is 7.47. The second-order valence-corrected chi connectivity index (χ2v) is 9.66. The van der Waals surface area contributed by atoms with Crippen LogP contribution in [0.15, 0.2) is 45.9 Å². The Hall–Kier alpha value is -2.65. The summed E-state index contributed by atoms with van der Waals surface area (Å²) in [7, 11) is -3.72. The summed E-state index contributed by atoms with van der Waals surface area (Å²) in [5.41, 5.74) is 1.50.